The van der Waals surface area contributed by atoms with Gasteiger partial charge in [-0.2, -0.15) is 5.10 Å². The number of hydrogen-bond donors (Lipinski definition) is 2. The number of nitrogens with zero attached hydrogens (tertiary/aromatic N) is 3. The molecule has 0 saturated carbocycles. The van der Waals surface area contributed by atoms with Crippen LogP contribution in [0, 0.1) is 15.5 Å². The molecule has 0 radical (unpaired) electrons. The summed E-state index contributed by atoms with van der Waals surface area (Å²) in [6.45, 7) is 0.310. The van der Waals surface area contributed by atoms with Gasteiger partial charge in [0.25, 0.3) is 0 Å². The van der Waals surface area contributed by atoms with E-state index in [1.54, 1.807) is 18.2 Å². The summed E-state index contributed by atoms with van der Waals surface area (Å²) in [5.74, 6) is -0.0665. The molecule has 2 rings (SSSR count). The molecule has 3 N–H and O–H groups in total. The van der Waals surface area contributed by atoms with Gasteiger partial charge in [-0.15, -0.1) is 0 Å². The third kappa shape index (κ3) is 2.89. The van der Waals surface area contributed by atoms with Crippen molar-refractivity contribution in [3.63, 3.8) is 0 Å². The second-order valence-corrected chi connectivity index (χ2v) is 4.28. The van der Waals surface area contributed by atoms with Gasteiger partial charge in [-0.3, -0.25) is 20.2 Å². The maximum atomic E-state index is 10.5. The topological polar surface area (TPSA) is 111 Å². The zero-order valence-electron chi connectivity index (χ0n) is 9.71. The minimum atomic E-state index is -0.510. The molecule has 0 aliphatic rings. The number of nitrogens with one attached hydrogen (secondary N) is 1. The molecule has 8 heteroatoms. The molecule has 0 atom stereocenters. The van der Waals surface area contributed by atoms with Gasteiger partial charge in [0.2, 0.25) is 0 Å². The number of benzene rings is 1. The van der Waals surface area contributed by atoms with E-state index in [2.05, 4.69) is 5.10 Å². The minimum Gasteiger partial charge on any atom is -0.384 e. The molecule has 0 unspecified atom stereocenters. The molecule has 0 fully saturated rings. The van der Waals surface area contributed by atoms with Gasteiger partial charge in [-0.1, -0.05) is 23.7 Å². The highest BCUT2D eigenvalue weighted by molar-refractivity contribution is 6.31. The Hall–Kier alpha value is -2.41. The Morgan fingerprint density at radius 3 is 2.84 bits per heavy atom. The smallest absolute Gasteiger partial charge is 0.307 e. The first kappa shape index (κ1) is 13.0. The standard InChI is InChI=1S/C11H10ClN5O2/c12-10-3-7(11(13)14)1-2-8(10)5-16-6-9(4-15-16)17(18)19/h1-4,6H,5H2,(H3,13,14). The second-order valence-electron chi connectivity index (χ2n) is 3.87. The lowest BCUT2D eigenvalue weighted by Gasteiger charge is -2.06. The van der Waals surface area contributed by atoms with E-state index in [1.807, 2.05) is 0 Å². The van der Waals surface area contributed by atoms with Crippen LogP contribution in [-0.4, -0.2) is 20.5 Å². The van der Waals surface area contributed by atoms with E-state index >= 15 is 0 Å². The van der Waals surface area contributed by atoms with Crippen LogP contribution in [0.3, 0.4) is 0 Å². The molecule has 0 aliphatic carbocycles. The number of rotatable bonds is 4. The number of amidine groups is 1. The van der Waals surface area contributed by atoms with Crippen molar-refractivity contribution in [1.29, 1.82) is 5.41 Å². The van der Waals surface area contributed by atoms with Crippen LogP contribution in [0.4, 0.5) is 5.69 Å². The lowest BCUT2D eigenvalue weighted by Crippen LogP contribution is -2.11. The molecule has 19 heavy (non-hydrogen) atoms. The zero-order chi connectivity index (χ0) is 14.0. The van der Waals surface area contributed by atoms with Crippen molar-refractivity contribution in [2.24, 2.45) is 5.73 Å². The quantitative estimate of drug-likeness (QED) is 0.384. The SMILES string of the molecule is N=C(N)c1ccc(Cn2cc([N+](=O)[O-])cn2)c(Cl)c1. The average Bonchev–Trinajstić information content (AvgIpc) is 2.80. The summed E-state index contributed by atoms with van der Waals surface area (Å²) in [5, 5.41) is 22.2. The monoisotopic (exact) mass is 279 g/mol. The molecular weight excluding hydrogens is 270 g/mol. The Labute approximate surface area is 113 Å². The van der Waals surface area contributed by atoms with Gasteiger partial charge in [0, 0.05) is 10.6 Å². The third-order valence-electron chi connectivity index (χ3n) is 2.53. The molecule has 0 saturated heterocycles. The summed E-state index contributed by atoms with van der Waals surface area (Å²) >= 11 is 6.07. The molecule has 7 nitrogen and oxygen atoms in total. The predicted molar refractivity (Wildman–Crippen MR) is 70.5 cm³/mol. The minimum absolute atomic E-state index is 0.0665. The van der Waals surface area contributed by atoms with Gasteiger partial charge >= 0.3 is 5.69 Å². The molecule has 1 aromatic carbocycles. The summed E-state index contributed by atoms with van der Waals surface area (Å²) in [6, 6.07) is 4.96. The normalized spacial score (nSPS) is 10.4. The van der Waals surface area contributed by atoms with Crippen LogP contribution in [0.25, 0.3) is 0 Å². The Bertz CT molecular complexity index is 652. The van der Waals surface area contributed by atoms with Gasteiger partial charge in [-0.25, -0.2) is 0 Å². The van der Waals surface area contributed by atoms with Gasteiger partial charge in [-0.05, 0) is 11.6 Å². The van der Waals surface area contributed by atoms with E-state index in [0.29, 0.717) is 17.1 Å². The van der Waals surface area contributed by atoms with Gasteiger partial charge in [0.1, 0.15) is 18.2 Å². The Morgan fingerprint density at radius 1 is 1.58 bits per heavy atom. The molecule has 0 bridgehead atoms. The summed E-state index contributed by atoms with van der Waals surface area (Å²) < 4.78 is 1.42. The van der Waals surface area contributed by atoms with E-state index in [1.165, 1.54) is 17.1 Å². The molecule has 98 valence electrons. The molecule has 0 aliphatic heterocycles. The van der Waals surface area contributed by atoms with E-state index in [4.69, 9.17) is 22.7 Å². The number of aromatic nitrogens is 2. The number of halogens is 1. The van der Waals surface area contributed by atoms with E-state index < -0.39 is 4.92 Å². The van der Waals surface area contributed by atoms with Crippen molar-refractivity contribution in [2.75, 3.05) is 0 Å². The maximum Gasteiger partial charge on any atom is 0.307 e. The molecule has 1 aromatic heterocycles. The van der Waals surface area contributed by atoms with E-state index in [0.717, 1.165) is 5.56 Å². The Morgan fingerprint density at radius 2 is 2.32 bits per heavy atom. The number of nitrogens with two attached hydrogens (primary N) is 1. The first-order chi connectivity index (χ1) is 8.97. The van der Waals surface area contributed by atoms with Crippen LogP contribution >= 0.6 is 11.6 Å². The maximum absolute atomic E-state index is 10.5. The first-order valence-corrected chi connectivity index (χ1v) is 5.65. The van der Waals surface area contributed by atoms with Crippen molar-refractivity contribution < 1.29 is 4.92 Å². The zero-order valence-corrected chi connectivity index (χ0v) is 10.5. The summed E-state index contributed by atoms with van der Waals surface area (Å²) in [7, 11) is 0. The van der Waals surface area contributed by atoms with Crippen LogP contribution in [0.2, 0.25) is 5.02 Å². The summed E-state index contributed by atoms with van der Waals surface area (Å²) in [4.78, 5) is 10.0. The van der Waals surface area contributed by atoms with Crippen LogP contribution in [0.1, 0.15) is 11.1 Å². The lowest BCUT2D eigenvalue weighted by atomic mass is 10.1. The van der Waals surface area contributed by atoms with E-state index in [9.17, 15) is 10.1 Å². The van der Waals surface area contributed by atoms with Crippen LogP contribution in [0.5, 0.6) is 0 Å². The average molecular weight is 280 g/mol. The predicted octanol–water partition coefficient (Wildman–Crippen LogP) is 1.78. The highest BCUT2D eigenvalue weighted by Gasteiger charge is 2.10. The summed E-state index contributed by atoms with van der Waals surface area (Å²) in [5.41, 5.74) is 6.55. The van der Waals surface area contributed by atoms with E-state index in [-0.39, 0.29) is 11.5 Å². The Balaban J connectivity index is 2.23. The van der Waals surface area contributed by atoms with Crippen molar-refractivity contribution in [1.82, 2.24) is 9.78 Å². The number of nitrogen functional groups attached to an aromatic ring is 1. The fourth-order valence-electron chi connectivity index (χ4n) is 1.55. The molecule has 0 amide bonds. The molecule has 1 heterocycles. The van der Waals surface area contributed by atoms with Gasteiger partial charge in [0.05, 0.1) is 11.5 Å². The van der Waals surface area contributed by atoms with Crippen LogP contribution in [-0.2, 0) is 6.54 Å². The molecule has 0 spiro atoms. The fraction of sp³-hybridized carbons (Fsp3) is 0.0909. The van der Waals surface area contributed by atoms with Gasteiger partial charge < -0.3 is 5.73 Å². The number of nitro groups is 1. The van der Waals surface area contributed by atoms with Crippen molar-refractivity contribution in [2.45, 2.75) is 6.54 Å². The largest absolute Gasteiger partial charge is 0.384 e. The van der Waals surface area contributed by atoms with Crippen molar-refractivity contribution in [3.05, 3.63) is 56.9 Å². The summed E-state index contributed by atoms with van der Waals surface area (Å²) in [6.07, 6.45) is 2.51. The van der Waals surface area contributed by atoms with Crippen LogP contribution in [0.15, 0.2) is 30.6 Å². The molecule has 2 aromatic rings. The number of hydrogen-bond acceptors (Lipinski definition) is 4. The Kier molecular flexibility index (Phi) is 3.48. The van der Waals surface area contributed by atoms with Crippen molar-refractivity contribution in [3.8, 4) is 0 Å². The van der Waals surface area contributed by atoms with Crippen molar-refractivity contribution >= 4 is 23.1 Å². The highest BCUT2D eigenvalue weighted by Crippen LogP contribution is 2.19. The fourth-order valence-corrected chi connectivity index (χ4v) is 1.79. The second kappa shape index (κ2) is 5.07. The lowest BCUT2D eigenvalue weighted by molar-refractivity contribution is -0.385. The highest BCUT2D eigenvalue weighted by atomic mass is 35.5. The van der Waals surface area contributed by atoms with Crippen LogP contribution < -0.4 is 5.73 Å². The third-order valence-corrected chi connectivity index (χ3v) is 2.88. The molecular formula is C11H10ClN5O2. The first-order valence-electron chi connectivity index (χ1n) is 5.27. The van der Waals surface area contributed by atoms with Gasteiger partial charge in [0.15, 0.2) is 0 Å².